The molecule has 2 saturated heterocycles. The molecule has 2 aliphatic rings. The third kappa shape index (κ3) is 4.46. The highest BCUT2D eigenvalue weighted by Crippen LogP contribution is 2.21. The number of nitrogens with one attached hydrogen (secondary N) is 1. The quantitative estimate of drug-likeness (QED) is 0.701. The summed E-state index contributed by atoms with van der Waals surface area (Å²) in [5.41, 5.74) is 0. The van der Waals surface area contributed by atoms with E-state index in [1.165, 1.54) is 0 Å². The van der Waals surface area contributed by atoms with E-state index < -0.39 is 9.84 Å². The lowest BCUT2D eigenvalue weighted by Gasteiger charge is -2.37. The lowest BCUT2D eigenvalue weighted by atomic mass is 10.1. The van der Waals surface area contributed by atoms with Crippen LogP contribution in [0.3, 0.4) is 0 Å². The second-order valence-corrected chi connectivity index (χ2v) is 7.18. The van der Waals surface area contributed by atoms with Crippen molar-refractivity contribution in [2.24, 2.45) is 0 Å². The Labute approximate surface area is 126 Å². The van der Waals surface area contributed by atoms with E-state index in [-0.39, 0.29) is 54.3 Å². The number of halogens is 2. The topological polar surface area (TPSA) is 69.7 Å². The molecule has 0 aromatic rings. The smallest absolute Gasteiger partial charge is 0.237 e. The summed E-state index contributed by atoms with van der Waals surface area (Å²) in [7, 11) is 0.679. The first-order chi connectivity index (χ1) is 7.89. The predicted molar refractivity (Wildman–Crippen MR) is 79.0 cm³/mol. The monoisotopic (exact) mass is 333 g/mol. The van der Waals surface area contributed by atoms with Gasteiger partial charge in [0.1, 0.15) is 0 Å². The van der Waals surface area contributed by atoms with Crippen molar-refractivity contribution in [1.29, 1.82) is 0 Å². The zero-order valence-electron chi connectivity index (χ0n) is 11.0. The molecule has 9 heteroatoms. The standard InChI is InChI=1S/C10H19N3O3S.2ClH/c1-12(2)5-10(14)13-4-3-11-8-6-17(15,16)7-9(8)13;;/h8-9,11H,3-7H2,1-2H3;2*1H/t8-,9+;;/m0../s1. The lowest BCUT2D eigenvalue weighted by Crippen LogP contribution is -2.60. The van der Waals surface area contributed by atoms with Crippen molar-refractivity contribution in [3.05, 3.63) is 0 Å². The van der Waals surface area contributed by atoms with E-state index in [1.807, 2.05) is 19.0 Å². The molecule has 114 valence electrons. The van der Waals surface area contributed by atoms with Gasteiger partial charge in [0, 0.05) is 19.1 Å². The van der Waals surface area contributed by atoms with E-state index in [4.69, 9.17) is 0 Å². The van der Waals surface area contributed by atoms with Crippen molar-refractivity contribution >= 4 is 40.6 Å². The maximum Gasteiger partial charge on any atom is 0.237 e. The summed E-state index contributed by atoms with van der Waals surface area (Å²) in [4.78, 5) is 15.6. The summed E-state index contributed by atoms with van der Waals surface area (Å²) in [6.45, 7) is 1.61. The second kappa shape index (κ2) is 7.08. The van der Waals surface area contributed by atoms with Gasteiger partial charge in [0.15, 0.2) is 9.84 Å². The van der Waals surface area contributed by atoms with Gasteiger partial charge in [-0.2, -0.15) is 0 Å². The zero-order valence-corrected chi connectivity index (χ0v) is 13.5. The molecular weight excluding hydrogens is 313 g/mol. The van der Waals surface area contributed by atoms with Gasteiger partial charge in [-0.15, -0.1) is 24.8 Å². The largest absolute Gasteiger partial charge is 0.335 e. The molecule has 1 N–H and O–H groups in total. The van der Waals surface area contributed by atoms with E-state index in [1.54, 1.807) is 4.90 Å². The van der Waals surface area contributed by atoms with E-state index in [0.29, 0.717) is 19.6 Å². The first-order valence-electron chi connectivity index (χ1n) is 5.77. The van der Waals surface area contributed by atoms with Gasteiger partial charge in [-0.3, -0.25) is 4.79 Å². The number of likely N-dealkylation sites (N-methyl/N-ethyl adjacent to an activating group) is 1. The summed E-state index contributed by atoms with van der Waals surface area (Å²) in [5, 5.41) is 3.19. The Hall–Kier alpha value is -0.0800. The van der Waals surface area contributed by atoms with Crippen LogP contribution in [-0.4, -0.2) is 81.4 Å². The van der Waals surface area contributed by atoms with Gasteiger partial charge in [-0.05, 0) is 14.1 Å². The van der Waals surface area contributed by atoms with Crippen molar-refractivity contribution in [1.82, 2.24) is 15.1 Å². The number of nitrogens with zero attached hydrogens (tertiary/aromatic N) is 2. The Morgan fingerprint density at radius 2 is 1.95 bits per heavy atom. The normalized spacial score (nSPS) is 28.3. The summed E-state index contributed by atoms with van der Waals surface area (Å²) < 4.78 is 23.2. The Morgan fingerprint density at radius 1 is 1.32 bits per heavy atom. The number of amides is 1. The van der Waals surface area contributed by atoms with Gasteiger partial charge in [0.05, 0.1) is 24.1 Å². The molecule has 2 aliphatic heterocycles. The summed E-state index contributed by atoms with van der Waals surface area (Å²) in [6.07, 6.45) is 0. The Morgan fingerprint density at radius 3 is 2.53 bits per heavy atom. The minimum atomic E-state index is -2.99. The fraction of sp³-hybridized carbons (Fsp3) is 0.900. The van der Waals surface area contributed by atoms with Gasteiger partial charge in [0.25, 0.3) is 0 Å². The van der Waals surface area contributed by atoms with Crippen LogP contribution < -0.4 is 5.32 Å². The van der Waals surface area contributed by atoms with Crippen molar-refractivity contribution in [2.75, 3.05) is 45.2 Å². The van der Waals surface area contributed by atoms with Crippen LogP contribution in [0.5, 0.6) is 0 Å². The van der Waals surface area contributed by atoms with Gasteiger partial charge >= 0.3 is 0 Å². The van der Waals surface area contributed by atoms with Crippen LogP contribution in [0, 0.1) is 0 Å². The summed E-state index contributed by atoms with van der Waals surface area (Å²) in [5.74, 6) is 0.274. The van der Waals surface area contributed by atoms with Crippen LogP contribution in [0.15, 0.2) is 0 Å². The number of hydrogen-bond acceptors (Lipinski definition) is 5. The highest BCUT2D eigenvalue weighted by Gasteiger charge is 2.44. The number of fused-ring (bicyclic) bond motifs is 1. The molecule has 0 saturated carbocycles. The SMILES string of the molecule is CN(C)CC(=O)N1CCN[C@H]2CS(=O)(=O)C[C@H]21.Cl.Cl. The van der Waals surface area contributed by atoms with Gasteiger partial charge < -0.3 is 15.1 Å². The molecule has 19 heavy (non-hydrogen) atoms. The fourth-order valence-corrected chi connectivity index (χ4v) is 4.49. The zero-order chi connectivity index (χ0) is 12.6. The number of sulfone groups is 1. The molecule has 0 bridgehead atoms. The van der Waals surface area contributed by atoms with E-state index in [2.05, 4.69) is 5.32 Å². The van der Waals surface area contributed by atoms with Crippen LogP contribution in [0.4, 0.5) is 0 Å². The molecule has 6 nitrogen and oxygen atoms in total. The molecule has 2 heterocycles. The van der Waals surface area contributed by atoms with Crippen molar-refractivity contribution < 1.29 is 13.2 Å². The molecule has 2 atom stereocenters. The third-order valence-electron chi connectivity index (χ3n) is 3.25. The first-order valence-corrected chi connectivity index (χ1v) is 7.59. The van der Waals surface area contributed by atoms with Crippen LogP contribution in [0.25, 0.3) is 0 Å². The average Bonchev–Trinajstić information content (AvgIpc) is 2.49. The number of carbonyl (C=O) groups is 1. The molecule has 2 fully saturated rings. The minimum Gasteiger partial charge on any atom is -0.335 e. The van der Waals surface area contributed by atoms with E-state index >= 15 is 0 Å². The average molecular weight is 334 g/mol. The number of piperazine rings is 1. The molecule has 2 rings (SSSR count). The molecule has 1 amide bonds. The summed E-state index contributed by atoms with van der Waals surface area (Å²) >= 11 is 0. The number of hydrogen-bond donors (Lipinski definition) is 1. The van der Waals surface area contributed by atoms with Crippen LogP contribution >= 0.6 is 24.8 Å². The van der Waals surface area contributed by atoms with Gasteiger partial charge in [0.2, 0.25) is 5.91 Å². The third-order valence-corrected chi connectivity index (χ3v) is 4.97. The Bertz CT molecular complexity index is 416. The Balaban J connectivity index is 0.00000162. The minimum absolute atomic E-state index is 0. The Kier molecular flexibility index (Phi) is 7.05. The number of rotatable bonds is 2. The first kappa shape index (κ1) is 18.9. The summed E-state index contributed by atoms with van der Waals surface area (Å²) in [6, 6.07) is -0.263. The number of carbonyl (C=O) groups excluding carboxylic acids is 1. The van der Waals surface area contributed by atoms with Gasteiger partial charge in [-0.1, -0.05) is 0 Å². The van der Waals surface area contributed by atoms with Crippen molar-refractivity contribution in [3.8, 4) is 0 Å². The van der Waals surface area contributed by atoms with Gasteiger partial charge in [-0.25, -0.2) is 8.42 Å². The fourth-order valence-electron chi connectivity index (χ4n) is 2.54. The second-order valence-electron chi connectivity index (χ2n) is 5.03. The highest BCUT2D eigenvalue weighted by atomic mass is 35.5. The highest BCUT2D eigenvalue weighted by molar-refractivity contribution is 7.91. The van der Waals surface area contributed by atoms with Crippen LogP contribution in [0.2, 0.25) is 0 Å². The molecule has 0 aliphatic carbocycles. The maximum absolute atomic E-state index is 12.0. The molecule has 0 radical (unpaired) electrons. The predicted octanol–water partition coefficient (Wildman–Crippen LogP) is -1.01. The van der Waals surface area contributed by atoms with Crippen LogP contribution in [0.1, 0.15) is 0 Å². The van der Waals surface area contributed by atoms with Crippen molar-refractivity contribution in [3.63, 3.8) is 0 Å². The van der Waals surface area contributed by atoms with E-state index in [9.17, 15) is 13.2 Å². The molecule has 0 unspecified atom stereocenters. The maximum atomic E-state index is 12.0. The molecular formula is C10H21Cl2N3O3S. The lowest BCUT2D eigenvalue weighted by molar-refractivity contribution is -0.135. The van der Waals surface area contributed by atoms with E-state index in [0.717, 1.165) is 0 Å². The molecule has 0 spiro atoms. The van der Waals surface area contributed by atoms with Crippen molar-refractivity contribution in [2.45, 2.75) is 12.1 Å². The molecule has 0 aromatic carbocycles. The van der Waals surface area contributed by atoms with Crippen LogP contribution in [-0.2, 0) is 14.6 Å². The molecule has 0 aromatic heterocycles.